The third-order valence-corrected chi connectivity index (χ3v) is 5.34. The van der Waals surface area contributed by atoms with E-state index < -0.39 is 11.7 Å². The van der Waals surface area contributed by atoms with Crippen LogP contribution in [0.5, 0.6) is 5.75 Å². The van der Waals surface area contributed by atoms with Crippen molar-refractivity contribution >= 4 is 17.7 Å². The summed E-state index contributed by atoms with van der Waals surface area (Å²) in [5.74, 6) is 1.43. The van der Waals surface area contributed by atoms with Gasteiger partial charge < -0.3 is 14.4 Å². The van der Waals surface area contributed by atoms with Crippen LogP contribution in [-0.2, 0) is 11.2 Å². The molecule has 0 spiro atoms. The van der Waals surface area contributed by atoms with Crippen LogP contribution in [0.4, 0.5) is 10.5 Å². The van der Waals surface area contributed by atoms with Crippen molar-refractivity contribution in [2.24, 2.45) is 5.92 Å². The van der Waals surface area contributed by atoms with E-state index >= 15 is 0 Å². The number of rotatable bonds is 5. The maximum Gasteiger partial charge on any atom is 0.412 e. The number of methoxy groups -OCH3 is 1. The van der Waals surface area contributed by atoms with E-state index in [0.717, 1.165) is 38.1 Å². The Morgan fingerprint density at radius 2 is 1.74 bits per heavy atom. The first-order chi connectivity index (χ1) is 14.7. The van der Waals surface area contributed by atoms with Gasteiger partial charge in [0.05, 0.1) is 7.11 Å². The number of carbonyl (C=O) groups is 2. The molecule has 6 heteroatoms. The molecule has 0 aliphatic carbocycles. The van der Waals surface area contributed by atoms with Gasteiger partial charge in [-0.05, 0) is 81.8 Å². The van der Waals surface area contributed by atoms with E-state index in [1.165, 1.54) is 5.56 Å². The number of amides is 2. The molecular formula is C25H32N2O4. The molecule has 1 aliphatic heterocycles. The number of nitrogens with zero attached hydrogens (tertiary/aromatic N) is 1. The number of nitrogens with one attached hydrogen (secondary N) is 1. The van der Waals surface area contributed by atoms with Crippen LogP contribution in [0.25, 0.3) is 0 Å². The summed E-state index contributed by atoms with van der Waals surface area (Å²) in [6, 6.07) is 15.2. The number of hydrogen-bond acceptors (Lipinski definition) is 4. The molecule has 2 aromatic carbocycles. The summed E-state index contributed by atoms with van der Waals surface area (Å²) in [4.78, 5) is 26.9. The summed E-state index contributed by atoms with van der Waals surface area (Å²) < 4.78 is 10.5. The van der Waals surface area contributed by atoms with Gasteiger partial charge in [-0.25, -0.2) is 4.79 Å². The van der Waals surface area contributed by atoms with Crippen LogP contribution in [0.1, 0.15) is 49.5 Å². The summed E-state index contributed by atoms with van der Waals surface area (Å²) in [5.41, 5.74) is 1.84. The fourth-order valence-electron chi connectivity index (χ4n) is 3.77. The van der Waals surface area contributed by atoms with Crippen LogP contribution < -0.4 is 10.1 Å². The molecule has 2 aromatic rings. The summed E-state index contributed by atoms with van der Waals surface area (Å²) in [7, 11) is 1.67. The lowest BCUT2D eigenvalue weighted by atomic mass is 9.90. The quantitative estimate of drug-likeness (QED) is 0.722. The van der Waals surface area contributed by atoms with Crippen molar-refractivity contribution in [2.45, 2.75) is 45.6 Å². The summed E-state index contributed by atoms with van der Waals surface area (Å²) >= 11 is 0. The second-order valence-corrected chi connectivity index (χ2v) is 9.00. The Balaban J connectivity index is 1.53. The molecule has 0 unspecified atom stereocenters. The molecule has 1 saturated heterocycles. The van der Waals surface area contributed by atoms with Crippen molar-refractivity contribution in [1.29, 1.82) is 0 Å². The Kier molecular flexibility index (Phi) is 7.21. The van der Waals surface area contributed by atoms with Crippen molar-refractivity contribution in [1.82, 2.24) is 4.90 Å². The van der Waals surface area contributed by atoms with Gasteiger partial charge in [-0.2, -0.15) is 0 Å². The molecule has 1 fully saturated rings. The Bertz CT molecular complexity index is 894. The van der Waals surface area contributed by atoms with Crippen LogP contribution >= 0.6 is 0 Å². The SMILES string of the molecule is COc1ccc(CC2CCN(C(=O)c3cccc(NC(=O)OC(C)(C)C)c3)CC2)cc1. The van der Waals surface area contributed by atoms with E-state index in [0.29, 0.717) is 17.2 Å². The molecule has 0 radical (unpaired) electrons. The summed E-state index contributed by atoms with van der Waals surface area (Å²) in [6.07, 6.45) is 2.44. The van der Waals surface area contributed by atoms with Gasteiger partial charge in [-0.1, -0.05) is 18.2 Å². The lowest BCUT2D eigenvalue weighted by molar-refractivity contribution is 0.0633. The highest BCUT2D eigenvalue weighted by Crippen LogP contribution is 2.24. The molecule has 1 heterocycles. The monoisotopic (exact) mass is 424 g/mol. The standard InChI is InChI=1S/C25H32N2O4/c1-25(2,3)31-24(29)26-21-7-5-6-20(17-21)23(28)27-14-12-19(13-15-27)16-18-8-10-22(30-4)11-9-18/h5-11,17,19H,12-16H2,1-4H3,(H,26,29). The zero-order valence-corrected chi connectivity index (χ0v) is 18.8. The Morgan fingerprint density at radius 1 is 1.06 bits per heavy atom. The molecular weight excluding hydrogens is 392 g/mol. The lowest BCUT2D eigenvalue weighted by Crippen LogP contribution is -2.39. The maximum atomic E-state index is 13.0. The average molecular weight is 425 g/mol. The van der Waals surface area contributed by atoms with Gasteiger partial charge in [0.15, 0.2) is 0 Å². The molecule has 0 bridgehead atoms. The van der Waals surface area contributed by atoms with Crippen molar-refractivity contribution in [3.63, 3.8) is 0 Å². The van der Waals surface area contributed by atoms with Crippen molar-refractivity contribution in [3.8, 4) is 5.75 Å². The maximum absolute atomic E-state index is 13.0. The minimum atomic E-state index is -0.576. The molecule has 166 valence electrons. The zero-order valence-electron chi connectivity index (χ0n) is 18.8. The fourth-order valence-corrected chi connectivity index (χ4v) is 3.77. The number of benzene rings is 2. The predicted octanol–water partition coefficient (Wildman–Crippen LogP) is 5.14. The highest BCUT2D eigenvalue weighted by atomic mass is 16.6. The molecule has 1 N–H and O–H groups in total. The predicted molar refractivity (Wildman–Crippen MR) is 122 cm³/mol. The molecule has 6 nitrogen and oxygen atoms in total. The number of ether oxygens (including phenoxy) is 2. The third kappa shape index (κ3) is 6.74. The molecule has 1 aliphatic rings. The normalized spacial score (nSPS) is 14.8. The van der Waals surface area contributed by atoms with E-state index in [-0.39, 0.29) is 5.91 Å². The van der Waals surface area contributed by atoms with Gasteiger partial charge in [0.1, 0.15) is 11.4 Å². The van der Waals surface area contributed by atoms with Crippen LogP contribution in [0.3, 0.4) is 0 Å². The number of anilines is 1. The minimum Gasteiger partial charge on any atom is -0.497 e. The van der Waals surface area contributed by atoms with Crippen molar-refractivity contribution in [3.05, 3.63) is 59.7 Å². The molecule has 0 aromatic heterocycles. The van der Waals surface area contributed by atoms with Crippen LogP contribution in [0.15, 0.2) is 48.5 Å². The first-order valence-corrected chi connectivity index (χ1v) is 10.8. The van der Waals surface area contributed by atoms with Gasteiger partial charge in [0.25, 0.3) is 5.91 Å². The van der Waals surface area contributed by atoms with Crippen LogP contribution in [0, 0.1) is 5.92 Å². The van der Waals surface area contributed by atoms with Gasteiger partial charge in [-0.3, -0.25) is 10.1 Å². The molecule has 31 heavy (non-hydrogen) atoms. The smallest absolute Gasteiger partial charge is 0.412 e. The molecule has 3 rings (SSSR count). The van der Waals surface area contributed by atoms with Crippen molar-refractivity contribution < 1.29 is 19.1 Å². The summed E-state index contributed by atoms with van der Waals surface area (Å²) in [5, 5.41) is 2.70. The Labute approximate surface area is 184 Å². The van der Waals surface area contributed by atoms with E-state index in [1.807, 2.05) is 37.8 Å². The fraction of sp³-hybridized carbons (Fsp3) is 0.440. The minimum absolute atomic E-state index is 0.00395. The van der Waals surface area contributed by atoms with E-state index in [9.17, 15) is 9.59 Å². The van der Waals surface area contributed by atoms with Gasteiger partial charge >= 0.3 is 6.09 Å². The largest absolute Gasteiger partial charge is 0.497 e. The first kappa shape index (κ1) is 22.7. The number of carbonyl (C=O) groups excluding carboxylic acids is 2. The van der Waals surface area contributed by atoms with Crippen LogP contribution in [0.2, 0.25) is 0 Å². The lowest BCUT2D eigenvalue weighted by Gasteiger charge is -2.32. The van der Waals surface area contributed by atoms with Crippen molar-refractivity contribution in [2.75, 3.05) is 25.5 Å². The second kappa shape index (κ2) is 9.86. The topological polar surface area (TPSA) is 67.9 Å². The Hall–Kier alpha value is -3.02. The average Bonchev–Trinajstić information content (AvgIpc) is 2.73. The second-order valence-electron chi connectivity index (χ2n) is 9.00. The molecule has 2 amide bonds. The molecule has 0 atom stereocenters. The third-order valence-electron chi connectivity index (χ3n) is 5.34. The number of piperidine rings is 1. The van der Waals surface area contributed by atoms with E-state index in [1.54, 1.807) is 31.4 Å². The zero-order chi connectivity index (χ0) is 22.4. The van der Waals surface area contributed by atoms with E-state index in [2.05, 4.69) is 17.4 Å². The first-order valence-electron chi connectivity index (χ1n) is 10.8. The van der Waals surface area contributed by atoms with Gasteiger partial charge in [-0.15, -0.1) is 0 Å². The number of hydrogen-bond donors (Lipinski definition) is 1. The van der Waals surface area contributed by atoms with Crippen LogP contribution in [-0.4, -0.2) is 42.7 Å². The Morgan fingerprint density at radius 3 is 2.35 bits per heavy atom. The number of likely N-dealkylation sites (tertiary alicyclic amines) is 1. The molecule has 0 saturated carbocycles. The van der Waals surface area contributed by atoms with E-state index in [4.69, 9.17) is 9.47 Å². The highest BCUT2D eigenvalue weighted by Gasteiger charge is 2.24. The highest BCUT2D eigenvalue weighted by molar-refractivity contribution is 5.96. The van der Waals surface area contributed by atoms with Gasteiger partial charge in [0, 0.05) is 24.3 Å². The van der Waals surface area contributed by atoms with Gasteiger partial charge in [0.2, 0.25) is 0 Å². The summed E-state index contributed by atoms with van der Waals surface area (Å²) in [6.45, 7) is 6.91.